The van der Waals surface area contributed by atoms with E-state index in [1.54, 1.807) is 0 Å². The van der Waals surface area contributed by atoms with Crippen LogP contribution in [0, 0.1) is 0 Å². The Hall–Kier alpha value is -3.49. The van der Waals surface area contributed by atoms with Gasteiger partial charge in [-0.25, -0.2) is 0 Å². The number of amides is 2. The molecule has 1 aromatic heterocycles. The number of aromatic nitrogens is 2. The molecule has 0 atom stereocenters. The Morgan fingerprint density at radius 1 is 0.742 bits per heavy atom. The van der Waals surface area contributed by atoms with Gasteiger partial charge in [-0.3, -0.25) is 14.7 Å². The zero-order valence-electron chi connectivity index (χ0n) is 16.9. The fourth-order valence-electron chi connectivity index (χ4n) is 3.67. The molecule has 2 amide bonds. The molecule has 31 heavy (non-hydrogen) atoms. The molecule has 5 rings (SSSR count). The van der Waals surface area contributed by atoms with Gasteiger partial charge < -0.3 is 21.3 Å². The van der Waals surface area contributed by atoms with E-state index in [0.717, 1.165) is 26.2 Å². The highest BCUT2D eigenvalue weighted by Gasteiger charge is 2.20. The van der Waals surface area contributed by atoms with Crippen LogP contribution >= 0.6 is 0 Å². The highest BCUT2D eigenvalue weighted by Crippen LogP contribution is 2.23. The van der Waals surface area contributed by atoms with Gasteiger partial charge in [0, 0.05) is 55.5 Å². The van der Waals surface area contributed by atoms with Crippen LogP contribution in [0.25, 0.3) is 0 Å². The second-order valence-corrected chi connectivity index (χ2v) is 8.03. The van der Waals surface area contributed by atoms with Gasteiger partial charge in [0.1, 0.15) is 5.69 Å². The summed E-state index contributed by atoms with van der Waals surface area (Å²) in [5.74, 6) is 0.378. The zero-order valence-corrected chi connectivity index (χ0v) is 16.9. The molecule has 2 saturated heterocycles. The molecule has 0 saturated carbocycles. The lowest BCUT2D eigenvalue weighted by Gasteiger charge is -2.27. The average molecular weight is 416 g/mol. The van der Waals surface area contributed by atoms with Crippen LogP contribution in [0.1, 0.15) is 43.9 Å². The summed E-state index contributed by atoms with van der Waals surface area (Å²) < 4.78 is 0. The topological polar surface area (TPSA) is 111 Å². The van der Waals surface area contributed by atoms with Crippen molar-refractivity contribution in [3.63, 3.8) is 0 Å². The molecule has 5 N–H and O–H groups in total. The van der Waals surface area contributed by atoms with Crippen molar-refractivity contribution in [1.82, 2.24) is 20.8 Å². The van der Waals surface area contributed by atoms with Gasteiger partial charge in [0.15, 0.2) is 5.69 Å². The van der Waals surface area contributed by atoms with Crippen LogP contribution in [-0.4, -0.2) is 48.2 Å². The minimum atomic E-state index is -0.369. The van der Waals surface area contributed by atoms with E-state index in [1.807, 2.05) is 48.5 Å². The van der Waals surface area contributed by atoms with Crippen molar-refractivity contribution >= 4 is 23.2 Å². The predicted octanol–water partition coefficient (Wildman–Crippen LogP) is 2.29. The molecule has 0 bridgehead atoms. The lowest BCUT2D eigenvalue weighted by molar-refractivity contribution is 0.101. The molecule has 8 nitrogen and oxygen atoms in total. The Balaban J connectivity index is 1.18. The third-order valence-corrected chi connectivity index (χ3v) is 5.90. The summed E-state index contributed by atoms with van der Waals surface area (Å²) >= 11 is 0. The number of carbonyl (C=O) groups excluding carboxylic acids is 2. The van der Waals surface area contributed by atoms with Crippen LogP contribution in [0.15, 0.2) is 54.6 Å². The molecule has 0 aliphatic carbocycles. The number of H-pyrrole nitrogens is 1. The number of hydrogen-bond acceptors (Lipinski definition) is 5. The fraction of sp³-hybridized carbons (Fsp3) is 0.261. The van der Waals surface area contributed by atoms with E-state index in [2.05, 4.69) is 31.5 Å². The Kier molecular flexibility index (Phi) is 5.23. The molecule has 0 spiro atoms. The van der Waals surface area contributed by atoms with Gasteiger partial charge in [-0.1, -0.05) is 24.3 Å². The number of rotatable bonds is 6. The number of hydrogen-bond donors (Lipinski definition) is 5. The Labute approximate surface area is 179 Å². The Morgan fingerprint density at radius 3 is 1.68 bits per heavy atom. The molecule has 2 fully saturated rings. The van der Waals surface area contributed by atoms with Crippen LogP contribution in [-0.2, 0) is 0 Å². The molecule has 3 aromatic rings. The van der Waals surface area contributed by atoms with E-state index < -0.39 is 0 Å². The van der Waals surface area contributed by atoms with Crippen molar-refractivity contribution in [3.05, 3.63) is 77.1 Å². The highest BCUT2D eigenvalue weighted by atomic mass is 16.2. The smallest absolute Gasteiger partial charge is 0.276 e. The molecular formula is C23H24N6O2. The van der Waals surface area contributed by atoms with Crippen LogP contribution in [0.3, 0.4) is 0 Å². The first-order valence-electron chi connectivity index (χ1n) is 10.5. The fourth-order valence-corrected chi connectivity index (χ4v) is 3.67. The van der Waals surface area contributed by atoms with E-state index in [0.29, 0.717) is 23.2 Å². The molecule has 2 aliphatic heterocycles. The van der Waals surface area contributed by atoms with E-state index in [1.165, 1.54) is 17.2 Å². The van der Waals surface area contributed by atoms with E-state index >= 15 is 0 Å². The summed E-state index contributed by atoms with van der Waals surface area (Å²) in [6, 6.07) is 17.1. The maximum absolute atomic E-state index is 12.5. The lowest BCUT2D eigenvalue weighted by Crippen LogP contribution is -2.39. The minimum absolute atomic E-state index is 0.158. The lowest BCUT2D eigenvalue weighted by atomic mass is 9.94. The van der Waals surface area contributed by atoms with Gasteiger partial charge in [0.25, 0.3) is 11.8 Å². The van der Waals surface area contributed by atoms with Gasteiger partial charge in [-0.2, -0.15) is 5.10 Å². The van der Waals surface area contributed by atoms with Gasteiger partial charge in [0.05, 0.1) is 0 Å². The van der Waals surface area contributed by atoms with Crippen molar-refractivity contribution in [1.29, 1.82) is 0 Å². The van der Waals surface area contributed by atoms with E-state index in [4.69, 9.17) is 0 Å². The summed E-state index contributed by atoms with van der Waals surface area (Å²) in [4.78, 5) is 25.0. The SMILES string of the molecule is O=C(Nc1ccc(C2CNC2)cc1)c1cc(C(=O)Nc2ccc(C3CNC3)cc2)[nH]n1. The maximum atomic E-state index is 12.5. The predicted molar refractivity (Wildman–Crippen MR) is 119 cm³/mol. The zero-order chi connectivity index (χ0) is 21.2. The first kappa shape index (κ1) is 19.5. The Bertz CT molecular complexity index is 996. The van der Waals surface area contributed by atoms with Crippen LogP contribution < -0.4 is 21.3 Å². The molecule has 0 unspecified atom stereocenters. The highest BCUT2D eigenvalue weighted by molar-refractivity contribution is 6.07. The van der Waals surface area contributed by atoms with Crippen LogP contribution in [0.4, 0.5) is 11.4 Å². The molecule has 3 heterocycles. The van der Waals surface area contributed by atoms with Gasteiger partial charge >= 0.3 is 0 Å². The summed E-state index contributed by atoms with van der Waals surface area (Å²) in [6.07, 6.45) is 0. The van der Waals surface area contributed by atoms with Gasteiger partial charge in [-0.15, -0.1) is 0 Å². The summed E-state index contributed by atoms with van der Waals surface area (Å²) in [5, 5.41) is 18.8. The molecule has 8 heteroatoms. The average Bonchev–Trinajstić information content (AvgIpc) is 3.19. The van der Waals surface area contributed by atoms with Crippen molar-refractivity contribution < 1.29 is 9.59 Å². The summed E-state index contributed by atoms with van der Waals surface area (Å²) in [5.41, 5.74) is 4.29. The Morgan fingerprint density at radius 2 is 1.23 bits per heavy atom. The largest absolute Gasteiger partial charge is 0.321 e. The minimum Gasteiger partial charge on any atom is -0.321 e. The number of carbonyl (C=O) groups is 2. The van der Waals surface area contributed by atoms with Crippen molar-refractivity contribution in [2.45, 2.75) is 11.8 Å². The van der Waals surface area contributed by atoms with Crippen molar-refractivity contribution in [2.24, 2.45) is 0 Å². The maximum Gasteiger partial charge on any atom is 0.276 e. The normalized spacial score (nSPS) is 16.3. The monoisotopic (exact) mass is 416 g/mol. The third kappa shape index (κ3) is 4.21. The number of anilines is 2. The van der Waals surface area contributed by atoms with E-state index in [-0.39, 0.29) is 23.2 Å². The van der Waals surface area contributed by atoms with Crippen molar-refractivity contribution in [2.75, 3.05) is 36.8 Å². The van der Waals surface area contributed by atoms with Crippen LogP contribution in [0.5, 0.6) is 0 Å². The molecule has 0 radical (unpaired) electrons. The standard InChI is InChI=1S/C23H24N6O2/c30-22(26-18-5-1-14(2-6-18)16-10-24-11-16)20-9-21(29-28-20)23(31)27-19-7-3-15(4-8-19)17-12-25-13-17/h1-9,16-17,24-25H,10-13H2,(H,26,30)(H,27,31)(H,28,29). The molecule has 158 valence electrons. The molecule has 2 aliphatic rings. The van der Waals surface area contributed by atoms with Crippen molar-refractivity contribution in [3.8, 4) is 0 Å². The molecular weight excluding hydrogens is 392 g/mol. The van der Waals surface area contributed by atoms with Gasteiger partial charge in [-0.05, 0) is 35.4 Å². The first-order chi connectivity index (χ1) is 15.2. The summed E-state index contributed by atoms with van der Waals surface area (Å²) in [7, 11) is 0. The summed E-state index contributed by atoms with van der Waals surface area (Å²) in [6.45, 7) is 3.97. The van der Waals surface area contributed by atoms with Crippen LogP contribution in [0.2, 0.25) is 0 Å². The number of nitrogens with zero attached hydrogens (tertiary/aromatic N) is 1. The number of benzene rings is 2. The molecule has 2 aromatic carbocycles. The number of aromatic amines is 1. The number of nitrogens with one attached hydrogen (secondary N) is 5. The second kappa shape index (κ2) is 8.33. The first-order valence-corrected chi connectivity index (χ1v) is 10.5. The quantitative estimate of drug-likeness (QED) is 0.423. The third-order valence-electron chi connectivity index (χ3n) is 5.90. The second-order valence-electron chi connectivity index (χ2n) is 8.03. The van der Waals surface area contributed by atoms with Gasteiger partial charge in [0.2, 0.25) is 0 Å². The van der Waals surface area contributed by atoms with E-state index in [9.17, 15) is 9.59 Å².